The van der Waals surface area contributed by atoms with Gasteiger partial charge in [0.15, 0.2) is 5.69 Å². The van der Waals surface area contributed by atoms with E-state index in [2.05, 4.69) is 20.3 Å². The molecule has 2 aromatic rings. The van der Waals surface area contributed by atoms with Gasteiger partial charge in [-0.3, -0.25) is 0 Å². The maximum absolute atomic E-state index is 11.6. The summed E-state index contributed by atoms with van der Waals surface area (Å²) in [6, 6.07) is 0. The zero-order chi connectivity index (χ0) is 13.5. The van der Waals surface area contributed by atoms with Crippen LogP contribution in [-0.4, -0.2) is 34.1 Å². The summed E-state index contributed by atoms with van der Waals surface area (Å²) in [5.41, 5.74) is 2.01. The van der Waals surface area contributed by atoms with Crippen molar-refractivity contribution >= 4 is 22.3 Å². The lowest BCUT2D eigenvalue weighted by Gasteiger charge is -2.05. The molecule has 0 aliphatic carbocycles. The first-order chi connectivity index (χ1) is 9.31. The lowest BCUT2D eigenvalue weighted by Crippen LogP contribution is -2.10. The van der Waals surface area contributed by atoms with E-state index in [-0.39, 0.29) is 5.97 Å². The third kappa shape index (κ3) is 3.78. The highest BCUT2D eigenvalue weighted by Crippen LogP contribution is 2.20. The summed E-state index contributed by atoms with van der Waals surface area (Å²) in [7, 11) is 0. The van der Waals surface area contributed by atoms with Crippen LogP contribution in [0.3, 0.4) is 0 Å². The molecule has 0 atom stereocenters. The van der Waals surface area contributed by atoms with Gasteiger partial charge in [-0.1, -0.05) is 0 Å². The normalized spacial score (nSPS) is 10.4. The van der Waals surface area contributed by atoms with Crippen LogP contribution in [0.1, 0.15) is 29.7 Å². The van der Waals surface area contributed by atoms with Gasteiger partial charge >= 0.3 is 5.97 Å². The second kappa shape index (κ2) is 6.89. The van der Waals surface area contributed by atoms with Crippen LogP contribution in [0.4, 0.5) is 5.00 Å². The Kier molecular flexibility index (Phi) is 4.91. The van der Waals surface area contributed by atoms with Crippen LogP contribution in [0.15, 0.2) is 17.9 Å². The molecular weight excluding hydrogens is 264 g/mol. The number of anilines is 1. The Labute approximate surface area is 115 Å². The zero-order valence-corrected chi connectivity index (χ0v) is 11.5. The van der Waals surface area contributed by atoms with Crippen molar-refractivity contribution in [1.82, 2.24) is 15.0 Å². The van der Waals surface area contributed by atoms with E-state index in [0.29, 0.717) is 12.3 Å². The first kappa shape index (κ1) is 13.5. The monoisotopic (exact) mass is 280 g/mol. The molecule has 0 spiro atoms. The molecule has 2 N–H and O–H groups in total. The minimum atomic E-state index is -0.378. The van der Waals surface area contributed by atoms with Crippen LogP contribution in [-0.2, 0) is 11.2 Å². The Hall–Kier alpha value is -1.89. The highest BCUT2D eigenvalue weighted by molar-refractivity contribution is 7.14. The van der Waals surface area contributed by atoms with Gasteiger partial charge in [0.2, 0.25) is 0 Å². The van der Waals surface area contributed by atoms with Gasteiger partial charge in [-0.05, 0) is 13.3 Å². The predicted octanol–water partition coefficient (Wildman–Crippen LogP) is 2.09. The number of aromatic nitrogens is 3. The SMILES string of the molecule is CCOC(=O)c1ncsc1NCCCc1ncc[nH]1. The third-order valence-electron chi connectivity index (χ3n) is 2.47. The number of thiazole rings is 1. The lowest BCUT2D eigenvalue weighted by atomic mass is 10.3. The summed E-state index contributed by atoms with van der Waals surface area (Å²) in [5.74, 6) is 0.592. The van der Waals surface area contributed by atoms with Crippen molar-refractivity contribution in [1.29, 1.82) is 0 Å². The molecule has 0 unspecified atom stereocenters. The fraction of sp³-hybridized carbons (Fsp3) is 0.417. The van der Waals surface area contributed by atoms with Crippen molar-refractivity contribution in [2.75, 3.05) is 18.5 Å². The predicted molar refractivity (Wildman–Crippen MR) is 73.5 cm³/mol. The van der Waals surface area contributed by atoms with E-state index in [1.54, 1.807) is 18.6 Å². The number of carbonyl (C=O) groups excluding carboxylic acids is 1. The summed E-state index contributed by atoms with van der Waals surface area (Å²) in [6.07, 6.45) is 5.34. The molecule has 0 bridgehead atoms. The number of aryl methyl sites for hydroxylation is 1. The minimum absolute atomic E-state index is 0.355. The molecule has 2 rings (SSSR count). The molecule has 2 aromatic heterocycles. The number of hydrogen-bond donors (Lipinski definition) is 2. The second-order valence-electron chi connectivity index (χ2n) is 3.82. The highest BCUT2D eigenvalue weighted by atomic mass is 32.1. The lowest BCUT2D eigenvalue weighted by molar-refractivity contribution is 0.0521. The third-order valence-corrected chi connectivity index (χ3v) is 3.25. The molecule has 0 radical (unpaired) electrons. The first-order valence-electron chi connectivity index (χ1n) is 6.14. The molecule has 0 amide bonds. The van der Waals surface area contributed by atoms with Crippen LogP contribution in [0.5, 0.6) is 0 Å². The average Bonchev–Trinajstić information content (AvgIpc) is 3.06. The van der Waals surface area contributed by atoms with E-state index in [9.17, 15) is 4.79 Å². The molecule has 0 saturated carbocycles. The van der Waals surface area contributed by atoms with Crippen LogP contribution >= 0.6 is 11.3 Å². The number of hydrogen-bond acceptors (Lipinski definition) is 6. The van der Waals surface area contributed by atoms with Gasteiger partial charge in [0.25, 0.3) is 0 Å². The standard InChI is InChI=1S/C12H16N4O2S/c1-2-18-12(17)10-11(19-8-16-10)15-5-3-4-9-13-6-7-14-9/h6-8,15H,2-5H2,1H3,(H,13,14). The molecule has 0 saturated heterocycles. The van der Waals surface area contributed by atoms with Gasteiger partial charge in [-0.2, -0.15) is 0 Å². The molecule has 7 heteroatoms. The summed E-state index contributed by atoms with van der Waals surface area (Å²) >= 11 is 1.41. The Morgan fingerprint density at radius 3 is 3.16 bits per heavy atom. The van der Waals surface area contributed by atoms with Crippen molar-refractivity contribution in [3.8, 4) is 0 Å². The number of nitrogens with one attached hydrogen (secondary N) is 2. The van der Waals surface area contributed by atoms with Crippen molar-refractivity contribution < 1.29 is 9.53 Å². The van der Waals surface area contributed by atoms with E-state index in [4.69, 9.17) is 4.74 Å². The van der Waals surface area contributed by atoms with E-state index < -0.39 is 0 Å². The molecule has 6 nitrogen and oxygen atoms in total. The molecular formula is C12H16N4O2S. The van der Waals surface area contributed by atoms with Gasteiger partial charge in [0.1, 0.15) is 10.8 Å². The Morgan fingerprint density at radius 1 is 1.53 bits per heavy atom. The quantitative estimate of drug-likeness (QED) is 0.599. The number of esters is 1. The first-order valence-corrected chi connectivity index (χ1v) is 7.02. The average molecular weight is 280 g/mol. The highest BCUT2D eigenvalue weighted by Gasteiger charge is 2.15. The van der Waals surface area contributed by atoms with Gasteiger partial charge in [0, 0.05) is 25.4 Å². The summed E-state index contributed by atoms with van der Waals surface area (Å²) in [4.78, 5) is 22.8. The van der Waals surface area contributed by atoms with Crippen LogP contribution in [0.25, 0.3) is 0 Å². The number of ether oxygens (including phenoxy) is 1. The summed E-state index contributed by atoms with van der Waals surface area (Å²) in [6.45, 7) is 2.89. The van der Waals surface area contributed by atoms with E-state index >= 15 is 0 Å². The Bertz CT molecular complexity index is 510. The molecule has 102 valence electrons. The van der Waals surface area contributed by atoms with Crippen LogP contribution in [0.2, 0.25) is 0 Å². The Morgan fingerprint density at radius 2 is 2.42 bits per heavy atom. The van der Waals surface area contributed by atoms with Gasteiger partial charge in [-0.15, -0.1) is 11.3 Å². The fourth-order valence-corrected chi connectivity index (χ4v) is 2.31. The molecule has 0 fully saturated rings. The second-order valence-corrected chi connectivity index (χ2v) is 4.67. The number of carbonyl (C=O) groups is 1. The van der Waals surface area contributed by atoms with Crippen molar-refractivity contribution in [2.24, 2.45) is 0 Å². The van der Waals surface area contributed by atoms with Crippen LogP contribution in [0, 0.1) is 0 Å². The van der Waals surface area contributed by atoms with Crippen molar-refractivity contribution in [2.45, 2.75) is 19.8 Å². The fourth-order valence-electron chi connectivity index (χ4n) is 1.61. The maximum atomic E-state index is 11.6. The zero-order valence-electron chi connectivity index (χ0n) is 10.7. The molecule has 0 aliphatic heterocycles. The van der Waals surface area contributed by atoms with Gasteiger partial charge in [-0.25, -0.2) is 14.8 Å². The number of nitrogens with zero attached hydrogens (tertiary/aromatic N) is 2. The smallest absolute Gasteiger partial charge is 0.360 e. The minimum Gasteiger partial charge on any atom is -0.461 e. The number of imidazole rings is 1. The molecule has 0 aliphatic rings. The van der Waals surface area contributed by atoms with E-state index in [0.717, 1.165) is 30.2 Å². The largest absolute Gasteiger partial charge is 0.461 e. The maximum Gasteiger partial charge on any atom is 0.360 e. The van der Waals surface area contributed by atoms with Crippen molar-refractivity contribution in [3.05, 3.63) is 29.4 Å². The van der Waals surface area contributed by atoms with Crippen LogP contribution < -0.4 is 5.32 Å². The summed E-state index contributed by atoms with van der Waals surface area (Å²) < 4.78 is 4.94. The topological polar surface area (TPSA) is 79.9 Å². The van der Waals surface area contributed by atoms with E-state index in [1.165, 1.54) is 11.3 Å². The molecule has 2 heterocycles. The number of aromatic amines is 1. The molecule has 0 aromatic carbocycles. The number of H-pyrrole nitrogens is 1. The Balaban J connectivity index is 1.79. The van der Waals surface area contributed by atoms with Crippen molar-refractivity contribution in [3.63, 3.8) is 0 Å². The van der Waals surface area contributed by atoms with E-state index in [1.807, 2.05) is 6.20 Å². The van der Waals surface area contributed by atoms with Gasteiger partial charge in [0.05, 0.1) is 12.1 Å². The molecule has 19 heavy (non-hydrogen) atoms. The summed E-state index contributed by atoms with van der Waals surface area (Å²) in [5, 5.41) is 3.97. The van der Waals surface area contributed by atoms with Gasteiger partial charge < -0.3 is 15.0 Å². The number of rotatable bonds is 7.